The second-order valence-corrected chi connectivity index (χ2v) is 6.96. The molecule has 1 aliphatic heterocycles. The minimum Gasteiger partial charge on any atom is -0.379 e. The van der Waals surface area contributed by atoms with Crippen LogP contribution < -0.4 is 10.6 Å². The van der Waals surface area contributed by atoms with Crippen LogP contribution >= 0.6 is 0 Å². The number of nitrogens with one attached hydrogen (secondary N) is 2. The van der Waals surface area contributed by atoms with Crippen LogP contribution in [0, 0.1) is 0 Å². The Hall–Kier alpha value is -1.59. The highest BCUT2D eigenvalue weighted by molar-refractivity contribution is 5.80. The molecular weight excluding hydrogens is 288 g/mol. The molecule has 2 N–H and O–H groups in total. The van der Waals surface area contributed by atoms with E-state index in [1.165, 1.54) is 11.1 Å². The molecule has 5 heteroatoms. The summed E-state index contributed by atoms with van der Waals surface area (Å²) < 4.78 is 5.43. The van der Waals surface area contributed by atoms with E-state index in [9.17, 15) is 0 Å². The van der Waals surface area contributed by atoms with Gasteiger partial charge in [0.2, 0.25) is 0 Å². The van der Waals surface area contributed by atoms with Crippen LogP contribution in [0.5, 0.6) is 0 Å². The van der Waals surface area contributed by atoms with E-state index in [1.54, 1.807) is 7.05 Å². The maximum absolute atomic E-state index is 5.43. The molecule has 0 atom stereocenters. The number of ether oxygens (including phenoxy) is 1. The van der Waals surface area contributed by atoms with Crippen molar-refractivity contribution in [3.05, 3.63) is 35.4 Å². The highest BCUT2D eigenvalue weighted by Crippen LogP contribution is 2.13. The van der Waals surface area contributed by atoms with Gasteiger partial charge in [-0.2, -0.15) is 0 Å². The quantitative estimate of drug-likeness (QED) is 0.658. The van der Waals surface area contributed by atoms with Gasteiger partial charge in [-0.3, -0.25) is 9.89 Å². The number of aliphatic imine (C=N–C) groups is 1. The first-order valence-electron chi connectivity index (χ1n) is 8.33. The van der Waals surface area contributed by atoms with E-state index in [0.29, 0.717) is 0 Å². The molecule has 23 heavy (non-hydrogen) atoms. The Bertz CT molecular complexity index is 516. The van der Waals surface area contributed by atoms with Gasteiger partial charge in [-0.05, 0) is 31.9 Å². The van der Waals surface area contributed by atoms with Crippen LogP contribution in [0.4, 0.5) is 0 Å². The lowest BCUT2D eigenvalue weighted by atomic mass is 10.1. The molecule has 0 aliphatic carbocycles. The van der Waals surface area contributed by atoms with Crippen molar-refractivity contribution in [3.8, 4) is 0 Å². The Kier molecular flexibility index (Phi) is 6.42. The lowest BCUT2D eigenvalue weighted by Crippen LogP contribution is -2.47. The molecule has 1 aromatic carbocycles. The molecule has 1 saturated heterocycles. The minimum absolute atomic E-state index is 0.00480. The third kappa shape index (κ3) is 6.20. The van der Waals surface area contributed by atoms with Gasteiger partial charge in [0.1, 0.15) is 0 Å². The number of morpholine rings is 1. The summed E-state index contributed by atoms with van der Waals surface area (Å²) in [4.78, 5) is 6.75. The second kappa shape index (κ2) is 8.31. The topological polar surface area (TPSA) is 48.9 Å². The highest BCUT2D eigenvalue weighted by Gasteiger charge is 2.14. The van der Waals surface area contributed by atoms with E-state index in [0.717, 1.165) is 45.4 Å². The molecule has 0 aromatic heterocycles. The molecule has 0 spiro atoms. The molecule has 0 radical (unpaired) electrons. The smallest absolute Gasteiger partial charge is 0.191 e. The molecule has 1 heterocycles. The molecule has 0 amide bonds. The summed E-state index contributed by atoms with van der Waals surface area (Å²) in [6.07, 6.45) is 0. The van der Waals surface area contributed by atoms with E-state index in [1.807, 2.05) is 0 Å². The molecule has 1 aromatic rings. The number of guanidine groups is 1. The molecule has 2 rings (SSSR count). The number of benzene rings is 1. The van der Waals surface area contributed by atoms with Crippen LogP contribution in [0.15, 0.2) is 29.3 Å². The molecule has 1 aliphatic rings. The zero-order valence-electron chi connectivity index (χ0n) is 14.9. The van der Waals surface area contributed by atoms with E-state index in [4.69, 9.17) is 4.74 Å². The average Bonchev–Trinajstić information content (AvgIpc) is 2.52. The predicted molar refractivity (Wildman–Crippen MR) is 95.6 cm³/mol. The van der Waals surface area contributed by atoms with Gasteiger partial charge in [0.15, 0.2) is 5.96 Å². The molecule has 128 valence electrons. The fourth-order valence-corrected chi connectivity index (χ4v) is 2.60. The van der Waals surface area contributed by atoms with Gasteiger partial charge in [0.25, 0.3) is 0 Å². The van der Waals surface area contributed by atoms with Crippen LogP contribution in [0.1, 0.15) is 31.9 Å². The third-order valence-electron chi connectivity index (χ3n) is 3.78. The fourth-order valence-electron chi connectivity index (χ4n) is 2.60. The van der Waals surface area contributed by atoms with Crippen molar-refractivity contribution in [2.24, 2.45) is 4.99 Å². The van der Waals surface area contributed by atoms with Crippen LogP contribution in [0.25, 0.3) is 0 Å². The standard InChI is InChI=1S/C18H30N4O/c1-18(2,3)21-17(19-4)20-13-15-7-5-6-8-16(15)14-22-9-11-23-12-10-22/h5-8H,9-14H2,1-4H3,(H2,19,20,21). The Morgan fingerprint density at radius 3 is 2.43 bits per heavy atom. The van der Waals surface area contributed by atoms with Crippen molar-refractivity contribution >= 4 is 5.96 Å². The van der Waals surface area contributed by atoms with Crippen LogP contribution in [0.3, 0.4) is 0 Å². The van der Waals surface area contributed by atoms with Gasteiger partial charge in [0, 0.05) is 38.8 Å². The molecular formula is C18H30N4O. The normalized spacial score (nSPS) is 17.1. The first-order chi connectivity index (χ1) is 11.0. The fraction of sp³-hybridized carbons (Fsp3) is 0.611. The number of hydrogen-bond acceptors (Lipinski definition) is 3. The Morgan fingerprint density at radius 2 is 1.83 bits per heavy atom. The van der Waals surface area contributed by atoms with Crippen molar-refractivity contribution in [2.75, 3.05) is 33.4 Å². The minimum atomic E-state index is -0.00480. The van der Waals surface area contributed by atoms with E-state index in [2.05, 4.69) is 65.6 Å². The molecule has 0 saturated carbocycles. The van der Waals surface area contributed by atoms with E-state index >= 15 is 0 Å². The van der Waals surface area contributed by atoms with Gasteiger partial charge in [-0.25, -0.2) is 0 Å². The van der Waals surface area contributed by atoms with Crippen molar-refractivity contribution in [1.82, 2.24) is 15.5 Å². The average molecular weight is 318 g/mol. The van der Waals surface area contributed by atoms with Crippen molar-refractivity contribution in [2.45, 2.75) is 39.4 Å². The number of hydrogen-bond donors (Lipinski definition) is 2. The maximum atomic E-state index is 5.43. The van der Waals surface area contributed by atoms with Gasteiger partial charge >= 0.3 is 0 Å². The summed E-state index contributed by atoms with van der Waals surface area (Å²) in [5, 5.41) is 6.80. The van der Waals surface area contributed by atoms with Crippen LogP contribution in [0.2, 0.25) is 0 Å². The first-order valence-corrected chi connectivity index (χ1v) is 8.33. The third-order valence-corrected chi connectivity index (χ3v) is 3.78. The molecule has 5 nitrogen and oxygen atoms in total. The lowest BCUT2D eigenvalue weighted by molar-refractivity contribution is 0.0341. The largest absolute Gasteiger partial charge is 0.379 e. The summed E-state index contributed by atoms with van der Waals surface area (Å²) in [6, 6.07) is 8.61. The van der Waals surface area contributed by atoms with Crippen molar-refractivity contribution < 1.29 is 4.74 Å². The van der Waals surface area contributed by atoms with E-state index in [-0.39, 0.29) is 5.54 Å². The summed E-state index contributed by atoms with van der Waals surface area (Å²) >= 11 is 0. The summed E-state index contributed by atoms with van der Waals surface area (Å²) in [7, 11) is 1.81. The van der Waals surface area contributed by atoms with Gasteiger partial charge in [-0.1, -0.05) is 24.3 Å². The second-order valence-electron chi connectivity index (χ2n) is 6.96. The van der Waals surface area contributed by atoms with Gasteiger partial charge < -0.3 is 15.4 Å². The molecule has 0 unspecified atom stereocenters. The zero-order valence-corrected chi connectivity index (χ0v) is 14.9. The van der Waals surface area contributed by atoms with Gasteiger partial charge in [-0.15, -0.1) is 0 Å². The van der Waals surface area contributed by atoms with Gasteiger partial charge in [0.05, 0.1) is 13.2 Å². The first kappa shape index (κ1) is 17.8. The highest BCUT2D eigenvalue weighted by atomic mass is 16.5. The number of rotatable bonds is 4. The van der Waals surface area contributed by atoms with Crippen LogP contribution in [-0.2, 0) is 17.8 Å². The summed E-state index contributed by atoms with van der Waals surface area (Å²) in [5.74, 6) is 0.832. The summed E-state index contributed by atoms with van der Waals surface area (Å²) in [5.41, 5.74) is 2.68. The van der Waals surface area contributed by atoms with Crippen LogP contribution in [-0.4, -0.2) is 49.7 Å². The van der Waals surface area contributed by atoms with Crippen molar-refractivity contribution in [3.63, 3.8) is 0 Å². The predicted octanol–water partition coefficient (Wildman–Crippen LogP) is 1.98. The van der Waals surface area contributed by atoms with Crippen molar-refractivity contribution in [1.29, 1.82) is 0 Å². The summed E-state index contributed by atoms with van der Waals surface area (Å²) in [6.45, 7) is 11.8. The Labute approximate surface area is 140 Å². The van der Waals surface area contributed by atoms with E-state index < -0.39 is 0 Å². The lowest BCUT2D eigenvalue weighted by Gasteiger charge is -2.28. The maximum Gasteiger partial charge on any atom is 0.191 e. The Balaban J connectivity index is 1.96. The molecule has 1 fully saturated rings. The number of nitrogens with zero attached hydrogens (tertiary/aromatic N) is 2. The zero-order chi connectivity index (χ0) is 16.7. The monoisotopic (exact) mass is 318 g/mol. The SMILES string of the molecule is CN=C(NCc1ccccc1CN1CCOCC1)NC(C)(C)C. The molecule has 0 bridgehead atoms. The Morgan fingerprint density at radius 1 is 1.17 bits per heavy atom.